The van der Waals surface area contributed by atoms with Crippen molar-refractivity contribution in [3.05, 3.63) is 59.2 Å². The first-order valence-corrected chi connectivity index (χ1v) is 10.3. The Bertz CT molecular complexity index is 856. The molecular weight excluding hydrogens is 366 g/mol. The van der Waals surface area contributed by atoms with Crippen molar-refractivity contribution >= 4 is 23.3 Å². The largest absolute Gasteiger partial charge is 0.465 e. The number of nitrogens with zero attached hydrogens (tertiary/aromatic N) is 1. The summed E-state index contributed by atoms with van der Waals surface area (Å²) in [6, 6.07) is 13.0. The second kappa shape index (κ2) is 9.56. The normalized spacial score (nSPS) is 14.5. The number of esters is 1. The lowest BCUT2D eigenvalue weighted by atomic mass is 10.1. The number of anilines is 2. The van der Waals surface area contributed by atoms with E-state index in [-0.39, 0.29) is 5.91 Å². The van der Waals surface area contributed by atoms with E-state index in [1.807, 2.05) is 30.3 Å². The number of aryl methyl sites for hydroxylation is 1. The van der Waals surface area contributed by atoms with Gasteiger partial charge in [0, 0.05) is 5.56 Å². The van der Waals surface area contributed by atoms with Crippen LogP contribution in [0.1, 0.15) is 40.1 Å². The number of hydrogen-bond acceptors (Lipinski definition) is 4. The number of rotatable bonds is 6. The molecule has 0 saturated carbocycles. The lowest BCUT2D eigenvalue weighted by Crippen LogP contribution is -3.14. The Morgan fingerprint density at radius 2 is 1.69 bits per heavy atom. The molecule has 1 aliphatic heterocycles. The first kappa shape index (κ1) is 20.9. The maximum absolute atomic E-state index is 12.8. The summed E-state index contributed by atoms with van der Waals surface area (Å²) < 4.78 is 4.85. The summed E-state index contributed by atoms with van der Waals surface area (Å²) in [5, 5.41) is 3.01. The summed E-state index contributed by atoms with van der Waals surface area (Å²) >= 11 is 0. The first-order valence-electron chi connectivity index (χ1n) is 10.3. The number of piperazine rings is 1. The van der Waals surface area contributed by atoms with Crippen molar-refractivity contribution in [1.82, 2.24) is 0 Å². The lowest BCUT2D eigenvalue weighted by Gasteiger charge is -2.34. The van der Waals surface area contributed by atoms with Crippen molar-refractivity contribution in [1.29, 1.82) is 0 Å². The van der Waals surface area contributed by atoms with Crippen LogP contribution >= 0.6 is 0 Å². The van der Waals surface area contributed by atoms with Gasteiger partial charge in [0.15, 0.2) is 0 Å². The summed E-state index contributed by atoms with van der Waals surface area (Å²) in [5.74, 6) is -0.603. The fourth-order valence-electron chi connectivity index (χ4n) is 3.66. The minimum Gasteiger partial charge on any atom is -0.465 e. The molecule has 0 radical (unpaired) electrons. The van der Waals surface area contributed by atoms with E-state index in [2.05, 4.69) is 24.1 Å². The van der Waals surface area contributed by atoms with Gasteiger partial charge in [-0.25, -0.2) is 4.79 Å². The number of methoxy groups -OCH3 is 1. The van der Waals surface area contributed by atoms with E-state index in [9.17, 15) is 9.59 Å². The third-order valence-corrected chi connectivity index (χ3v) is 5.60. The molecule has 0 atom stereocenters. The van der Waals surface area contributed by atoms with Crippen LogP contribution in [0.4, 0.5) is 11.4 Å². The molecule has 0 aromatic heterocycles. The number of carbonyl (C=O) groups excluding carboxylic acids is 2. The number of ether oxygens (including phenoxy) is 1. The Balaban J connectivity index is 1.86. The smallest absolute Gasteiger partial charge is 0.337 e. The van der Waals surface area contributed by atoms with Gasteiger partial charge in [0.05, 0.1) is 56.8 Å². The van der Waals surface area contributed by atoms with E-state index in [1.165, 1.54) is 12.7 Å². The number of carbonyl (C=O) groups is 2. The maximum Gasteiger partial charge on any atom is 0.337 e. The van der Waals surface area contributed by atoms with Gasteiger partial charge in [-0.05, 0) is 49.2 Å². The van der Waals surface area contributed by atoms with Crippen LogP contribution in [0.5, 0.6) is 0 Å². The van der Waals surface area contributed by atoms with Crippen LogP contribution in [0.3, 0.4) is 0 Å². The Labute approximate surface area is 172 Å². The predicted molar refractivity (Wildman–Crippen MR) is 115 cm³/mol. The SMILES string of the molecule is CCc1ccc(C(=O)Nc2cc(C(=O)OC)ccc2N2CC[NH+](CC)CC2)cc1. The number of quaternary nitrogens is 1. The van der Waals surface area contributed by atoms with Crippen molar-refractivity contribution in [3.8, 4) is 0 Å². The Morgan fingerprint density at radius 1 is 1.03 bits per heavy atom. The molecule has 0 bridgehead atoms. The molecule has 6 heteroatoms. The summed E-state index contributed by atoms with van der Waals surface area (Å²) in [4.78, 5) is 28.7. The summed E-state index contributed by atoms with van der Waals surface area (Å²) in [5.41, 5.74) is 3.78. The lowest BCUT2D eigenvalue weighted by molar-refractivity contribution is -0.898. The van der Waals surface area contributed by atoms with E-state index in [1.54, 1.807) is 17.0 Å². The minimum atomic E-state index is -0.417. The van der Waals surface area contributed by atoms with Gasteiger partial charge in [0.2, 0.25) is 0 Å². The Morgan fingerprint density at radius 3 is 2.28 bits per heavy atom. The number of likely N-dealkylation sites (N-methyl/N-ethyl adjacent to an activating group) is 1. The fourth-order valence-corrected chi connectivity index (χ4v) is 3.66. The minimum absolute atomic E-state index is 0.186. The molecule has 0 aliphatic carbocycles. The van der Waals surface area contributed by atoms with Crippen LogP contribution in [0.2, 0.25) is 0 Å². The first-order chi connectivity index (χ1) is 14.0. The quantitative estimate of drug-likeness (QED) is 0.734. The second-order valence-electron chi connectivity index (χ2n) is 7.32. The van der Waals surface area contributed by atoms with E-state index >= 15 is 0 Å². The zero-order valence-corrected chi connectivity index (χ0v) is 17.5. The molecule has 0 spiro atoms. The average Bonchev–Trinajstić information content (AvgIpc) is 2.78. The molecule has 2 aromatic carbocycles. The molecule has 2 aromatic rings. The zero-order chi connectivity index (χ0) is 20.8. The molecule has 1 fully saturated rings. The molecule has 154 valence electrons. The topological polar surface area (TPSA) is 63.1 Å². The fraction of sp³-hybridized carbons (Fsp3) is 0.391. The number of hydrogen-bond donors (Lipinski definition) is 2. The highest BCUT2D eigenvalue weighted by molar-refractivity contribution is 6.06. The van der Waals surface area contributed by atoms with E-state index in [4.69, 9.17) is 4.74 Å². The van der Waals surface area contributed by atoms with Crippen LogP contribution in [-0.4, -0.2) is 51.7 Å². The van der Waals surface area contributed by atoms with Crippen LogP contribution in [0.25, 0.3) is 0 Å². The second-order valence-corrected chi connectivity index (χ2v) is 7.32. The Hall–Kier alpha value is -2.86. The molecule has 2 N–H and O–H groups in total. The van der Waals surface area contributed by atoms with Crippen LogP contribution in [-0.2, 0) is 11.2 Å². The average molecular weight is 397 g/mol. The molecule has 29 heavy (non-hydrogen) atoms. The number of amides is 1. The summed E-state index contributed by atoms with van der Waals surface area (Å²) in [6.45, 7) is 9.34. The number of benzene rings is 2. The molecular formula is C23H30N3O3+. The molecule has 1 saturated heterocycles. The van der Waals surface area contributed by atoms with Gasteiger partial charge < -0.3 is 19.9 Å². The van der Waals surface area contributed by atoms with Gasteiger partial charge in [-0.1, -0.05) is 19.1 Å². The third-order valence-electron chi connectivity index (χ3n) is 5.60. The van der Waals surface area contributed by atoms with Crippen molar-refractivity contribution in [2.75, 3.05) is 50.1 Å². The highest BCUT2D eigenvalue weighted by Crippen LogP contribution is 2.28. The molecule has 0 unspecified atom stereocenters. The van der Waals surface area contributed by atoms with Crippen molar-refractivity contribution in [3.63, 3.8) is 0 Å². The van der Waals surface area contributed by atoms with Gasteiger partial charge in [0.1, 0.15) is 0 Å². The van der Waals surface area contributed by atoms with Crippen LogP contribution in [0, 0.1) is 0 Å². The van der Waals surface area contributed by atoms with Crippen molar-refractivity contribution in [2.24, 2.45) is 0 Å². The molecule has 3 rings (SSSR count). The van der Waals surface area contributed by atoms with Crippen LogP contribution < -0.4 is 15.1 Å². The third kappa shape index (κ3) is 4.95. The van der Waals surface area contributed by atoms with Gasteiger partial charge in [-0.3, -0.25) is 4.79 Å². The summed E-state index contributed by atoms with van der Waals surface area (Å²) in [6.07, 6.45) is 0.930. The van der Waals surface area contributed by atoms with E-state index in [0.29, 0.717) is 16.8 Å². The van der Waals surface area contributed by atoms with Gasteiger partial charge >= 0.3 is 5.97 Å². The van der Waals surface area contributed by atoms with Gasteiger partial charge in [-0.15, -0.1) is 0 Å². The van der Waals surface area contributed by atoms with Crippen molar-refractivity contribution < 1.29 is 19.2 Å². The molecule has 1 aliphatic rings. The van der Waals surface area contributed by atoms with Crippen LogP contribution in [0.15, 0.2) is 42.5 Å². The van der Waals surface area contributed by atoms with Crippen molar-refractivity contribution in [2.45, 2.75) is 20.3 Å². The molecule has 6 nitrogen and oxygen atoms in total. The standard InChI is InChI=1S/C23H29N3O3/c1-4-17-6-8-18(9-7-17)22(27)24-20-16-19(23(28)29-3)10-11-21(20)26-14-12-25(5-2)13-15-26/h6-11,16H,4-5,12-15H2,1-3H3,(H,24,27)/p+1. The van der Waals surface area contributed by atoms with E-state index < -0.39 is 5.97 Å². The van der Waals surface area contributed by atoms with E-state index in [0.717, 1.165) is 44.8 Å². The Kier molecular flexibility index (Phi) is 6.88. The molecule has 1 amide bonds. The highest BCUT2D eigenvalue weighted by Gasteiger charge is 2.22. The highest BCUT2D eigenvalue weighted by atomic mass is 16.5. The number of nitrogens with one attached hydrogen (secondary N) is 2. The zero-order valence-electron chi connectivity index (χ0n) is 17.5. The van der Waals surface area contributed by atoms with Gasteiger partial charge in [-0.2, -0.15) is 0 Å². The maximum atomic E-state index is 12.8. The molecule has 1 heterocycles. The van der Waals surface area contributed by atoms with Gasteiger partial charge in [0.25, 0.3) is 5.91 Å². The monoisotopic (exact) mass is 396 g/mol. The summed E-state index contributed by atoms with van der Waals surface area (Å²) in [7, 11) is 1.36. The predicted octanol–water partition coefficient (Wildman–Crippen LogP) is 2.01.